The van der Waals surface area contributed by atoms with Gasteiger partial charge in [-0.25, -0.2) is 0 Å². The molecule has 2 N–H and O–H groups in total. The fourth-order valence-electron chi connectivity index (χ4n) is 3.47. The van der Waals surface area contributed by atoms with E-state index in [-0.39, 0.29) is 17.9 Å². The third kappa shape index (κ3) is 4.92. The maximum atomic E-state index is 12.5. The maximum Gasteiger partial charge on any atom is 0.252 e. The number of hydrogen-bond donors (Lipinski definition) is 2. The first kappa shape index (κ1) is 20.4. The molecule has 0 aliphatic heterocycles. The van der Waals surface area contributed by atoms with Crippen LogP contribution in [-0.2, 0) is 11.8 Å². The van der Waals surface area contributed by atoms with Crippen LogP contribution in [0.5, 0.6) is 0 Å². The zero-order chi connectivity index (χ0) is 20.1. The van der Waals surface area contributed by atoms with E-state index in [9.17, 15) is 9.59 Å². The second-order valence-electron chi connectivity index (χ2n) is 7.25. The standard InChI is InChI=1S/C20H27N5O2S/c1-13-8-4-7-11-16(13)19(27)21-14(2)18-23-24-20(25(18)3)28-12-17(26)22-15-9-5-6-10-15/h4,7-8,11,14-15H,5-6,9-10,12H2,1-3H3,(H,21,27)(H,22,26). The van der Waals surface area contributed by atoms with Gasteiger partial charge in [0, 0.05) is 18.7 Å². The van der Waals surface area contributed by atoms with Gasteiger partial charge in [0.2, 0.25) is 5.91 Å². The third-order valence-corrected chi connectivity index (χ3v) is 6.07. The number of thioether (sulfide) groups is 1. The molecule has 1 aromatic heterocycles. The normalized spacial score (nSPS) is 15.4. The molecule has 0 bridgehead atoms. The molecule has 2 amide bonds. The number of aromatic nitrogens is 3. The van der Waals surface area contributed by atoms with Gasteiger partial charge in [0.25, 0.3) is 5.91 Å². The Morgan fingerprint density at radius 1 is 1.25 bits per heavy atom. The summed E-state index contributed by atoms with van der Waals surface area (Å²) in [7, 11) is 1.85. The topological polar surface area (TPSA) is 88.9 Å². The first-order chi connectivity index (χ1) is 13.5. The van der Waals surface area contributed by atoms with Crippen molar-refractivity contribution in [2.45, 2.75) is 56.8 Å². The summed E-state index contributed by atoms with van der Waals surface area (Å²) in [6.45, 7) is 3.79. The van der Waals surface area contributed by atoms with Gasteiger partial charge in [0.05, 0.1) is 11.8 Å². The Balaban J connectivity index is 1.56. The van der Waals surface area contributed by atoms with Crippen LogP contribution in [-0.4, -0.2) is 38.4 Å². The smallest absolute Gasteiger partial charge is 0.252 e. The van der Waals surface area contributed by atoms with Crippen molar-refractivity contribution in [3.63, 3.8) is 0 Å². The minimum atomic E-state index is -0.300. The van der Waals surface area contributed by atoms with E-state index in [4.69, 9.17) is 0 Å². The summed E-state index contributed by atoms with van der Waals surface area (Å²) >= 11 is 1.36. The van der Waals surface area contributed by atoms with Crippen LogP contribution in [0.2, 0.25) is 0 Å². The van der Waals surface area contributed by atoms with Crippen LogP contribution in [0.1, 0.15) is 60.4 Å². The Morgan fingerprint density at radius 2 is 1.96 bits per heavy atom. The lowest BCUT2D eigenvalue weighted by Gasteiger charge is -2.15. The SMILES string of the molecule is Cc1ccccc1C(=O)NC(C)c1nnc(SCC(=O)NC2CCCC2)n1C. The number of hydrogen-bond acceptors (Lipinski definition) is 5. The number of benzene rings is 1. The molecule has 1 fully saturated rings. The zero-order valence-corrected chi connectivity index (χ0v) is 17.4. The quantitative estimate of drug-likeness (QED) is 0.697. The number of carbonyl (C=O) groups excluding carboxylic acids is 2. The van der Waals surface area contributed by atoms with Crippen molar-refractivity contribution in [2.75, 3.05) is 5.75 Å². The fourth-order valence-corrected chi connectivity index (χ4v) is 4.19. The van der Waals surface area contributed by atoms with Gasteiger partial charge < -0.3 is 15.2 Å². The molecule has 1 aliphatic rings. The minimum Gasteiger partial charge on any atom is -0.353 e. The van der Waals surface area contributed by atoms with E-state index in [2.05, 4.69) is 20.8 Å². The predicted octanol–water partition coefficient (Wildman–Crippen LogP) is 2.77. The van der Waals surface area contributed by atoms with E-state index in [1.54, 1.807) is 6.07 Å². The lowest BCUT2D eigenvalue weighted by molar-refractivity contribution is -0.119. The van der Waals surface area contributed by atoms with Crippen LogP contribution >= 0.6 is 11.8 Å². The highest BCUT2D eigenvalue weighted by molar-refractivity contribution is 7.99. The van der Waals surface area contributed by atoms with Crippen molar-refractivity contribution in [3.05, 3.63) is 41.2 Å². The monoisotopic (exact) mass is 401 g/mol. The first-order valence-electron chi connectivity index (χ1n) is 9.63. The molecule has 1 saturated carbocycles. The molecule has 0 saturated heterocycles. The largest absolute Gasteiger partial charge is 0.353 e. The predicted molar refractivity (Wildman–Crippen MR) is 109 cm³/mol. The van der Waals surface area contributed by atoms with Crippen molar-refractivity contribution in [1.82, 2.24) is 25.4 Å². The van der Waals surface area contributed by atoms with Crippen molar-refractivity contribution in [3.8, 4) is 0 Å². The van der Waals surface area contributed by atoms with E-state index >= 15 is 0 Å². The molecule has 0 spiro atoms. The van der Waals surface area contributed by atoms with Crippen LogP contribution in [0.15, 0.2) is 29.4 Å². The van der Waals surface area contributed by atoms with Crippen molar-refractivity contribution < 1.29 is 9.59 Å². The van der Waals surface area contributed by atoms with Gasteiger partial charge >= 0.3 is 0 Å². The second kappa shape index (κ2) is 9.23. The summed E-state index contributed by atoms with van der Waals surface area (Å²) in [5.41, 5.74) is 1.57. The average Bonchev–Trinajstić information content (AvgIpc) is 3.30. The molecular formula is C20H27N5O2S. The van der Waals surface area contributed by atoms with Gasteiger partial charge in [0.15, 0.2) is 11.0 Å². The van der Waals surface area contributed by atoms with E-state index in [1.165, 1.54) is 24.6 Å². The molecule has 1 aromatic carbocycles. The summed E-state index contributed by atoms with van der Waals surface area (Å²) in [5.74, 6) is 0.855. The van der Waals surface area contributed by atoms with E-state index in [0.29, 0.717) is 28.3 Å². The number of carbonyl (C=O) groups is 2. The van der Waals surface area contributed by atoms with E-state index in [0.717, 1.165) is 18.4 Å². The summed E-state index contributed by atoms with van der Waals surface area (Å²) in [6.07, 6.45) is 4.53. The van der Waals surface area contributed by atoms with Gasteiger partial charge in [-0.15, -0.1) is 10.2 Å². The fraction of sp³-hybridized carbons (Fsp3) is 0.500. The molecule has 7 nitrogen and oxygen atoms in total. The number of aryl methyl sites for hydroxylation is 1. The molecule has 1 aliphatic carbocycles. The van der Waals surface area contributed by atoms with Gasteiger partial charge in [-0.3, -0.25) is 9.59 Å². The summed E-state index contributed by atoms with van der Waals surface area (Å²) < 4.78 is 1.83. The van der Waals surface area contributed by atoms with Crippen molar-refractivity contribution in [2.24, 2.45) is 7.05 Å². The molecule has 1 heterocycles. The molecule has 1 atom stereocenters. The summed E-state index contributed by atoms with van der Waals surface area (Å²) in [5, 5.41) is 15.1. The highest BCUT2D eigenvalue weighted by atomic mass is 32.2. The van der Waals surface area contributed by atoms with Crippen LogP contribution in [0.4, 0.5) is 0 Å². The lowest BCUT2D eigenvalue weighted by Crippen LogP contribution is -2.33. The van der Waals surface area contributed by atoms with Crippen molar-refractivity contribution >= 4 is 23.6 Å². The maximum absolute atomic E-state index is 12.5. The number of nitrogens with zero attached hydrogens (tertiary/aromatic N) is 3. The zero-order valence-electron chi connectivity index (χ0n) is 16.6. The third-order valence-electron chi connectivity index (χ3n) is 5.05. The van der Waals surface area contributed by atoms with E-state index in [1.807, 2.05) is 43.7 Å². The van der Waals surface area contributed by atoms with Gasteiger partial charge in [-0.05, 0) is 38.3 Å². The molecule has 8 heteroatoms. The highest BCUT2D eigenvalue weighted by Crippen LogP contribution is 2.21. The summed E-state index contributed by atoms with van der Waals surface area (Å²) in [4.78, 5) is 24.6. The molecule has 150 valence electrons. The number of nitrogens with one attached hydrogen (secondary N) is 2. The number of rotatable bonds is 7. The van der Waals surface area contributed by atoms with Gasteiger partial charge in [0.1, 0.15) is 0 Å². The van der Waals surface area contributed by atoms with Crippen LogP contribution in [0.25, 0.3) is 0 Å². The molecule has 2 aromatic rings. The minimum absolute atomic E-state index is 0.0300. The Kier molecular flexibility index (Phi) is 6.72. The molecule has 1 unspecified atom stereocenters. The van der Waals surface area contributed by atoms with Crippen LogP contribution < -0.4 is 10.6 Å². The Bertz CT molecular complexity index is 845. The molecular weight excluding hydrogens is 374 g/mol. The Hall–Kier alpha value is -2.35. The summed E-state index contributed by atoms with van der Waals surface area (Å²) in [6, 6.07) is 7.49. The Labute approximate surface area is 169 Å². The first-order valence-corrected chi connectivity index (χ1v) is 10.6. The Morgan fingerprint density at radius 3 is 2.68 bits per heavy atom. The van der Waals surface area contributed by atoms with Gasteiger partial charge in [-0.1, -0.05) is 42.8 Å². The van der Waals surface area contributed by atoms with Gasteiger partial charge in [-0.2, -0.15) is 0 Å². The molecule has 3 rings (SSSR count). The van der Waals surface area contributed by atoms with Crippen LogP contribution in [0.3, 0.4) is 0 Å². The number of amides is 2. The lowest BCUT2D eigenvalue weighted by atomic mass is 10.1. The second-order valence-corrected chi connectivity index (χ2v) is 8.19. The van der Waals surface area contributed by atoms with Crippen molar-refractivity contribution in [1.29, 1.82) is 0 Å². The van der Waals surface area contributed by atoms with Crippen LogP contribution in [0, 0.1) is 6.92 Å². The molecule has 28 heavy (non-hydrogen) atoms. The van der Waals surface area contributed by atoms with E-state index < -0.39 is 0 Å². The molecule has 0 radical (unpaired) electrons. The highest BCUT2D eigenvalue weighted by Gasteiger charge is 2.21. The average molecular weight is 402 g/mol.